The molecule has 0 heterocycles. The Balaban J connectivity index is 2.38. The van der Waals surface area contributed by atoms with Gasteiger partial charge in [0.25, 0.3) is 0 Å². The minimum atomic E-state index is 0.216. The van der Waals surface area contributed by atoms with Crippen LogP contribution in [0.5, 0.6) is 0 Å². The number of aliphatic hydroxyl groups is 1. The lowest BCUT2D eigenvalue weighted by Gasteiger charge is -2.35. The van der Waals surface area contributed by atoms with Crippen LogP contribution in [-0.2, 0) is 0 Å². The maximum absolute atomic E-state index is 8.96. The molecule has 0 aromatic carbocycles. The molecule has 2 unspecified atom stereocenters. The first-order valence-electron chi connectivity index (χ1n) is 5.33. The van der Waals surface area contributed by atoms with Crippen LogP contribution in [0.4, 0.5) is 0 Å². The number of fused-ring (bicyclic) bond motifs is 2. The van der Waals surface area contributed by atoms with Crippen molar-refractivity contribution in [3.8, 4) is 0 Å². The Morgan fingerprint density at radius 2 is 2.15 bits per heavy atom. The van der Waals surface area contributed by atoms with Crippen LogP contribution in [0.3, 0.4) is 0 Å². The molecule has 2 bridgehead atoms. The van der Waals surface area contributed by atoms with E-state index in [0.29, 0.717) is 10.8 Å². The highest BCUT2D eigenvalue weighted by molar-refractivity contribution is 5.29. The average Bonchev–Trinajstić information content (AvgIpc) is 2.37. The smallest absolute Gasteiger partial charge is 0.0615 e. The summed E-state index contributed by atoms with van der Waals surface area (Å²) in [6, 6.07) is 0. The van der Waals surface area contributed by atoms with Gasteiger partial charge in [-0.3, -0.25) is 0 Å². The maximum atomic E-state index is 8.96. The average molecular weight is 180 g/mol. The minimum Gasteiger partial charge on any atom is -0.392 e. The van der Waals surface area contributed by atoms with Gasteiger partial charge < -0.3 is 5.11 Å². The molecule has 2 saturated carbocycles. The summed E-state index contributed by atoms with van der Waals surface area (Å²) in [5.74, 6) is 0.857. The molecule has 2 atom stereocenters. The Bertz CT molecular complexity index is 252. The monoisotopic (exact) mass is 180 g/mol. The summed E-state index contributed by atoms with van der Waals surface area (Å²) >= 11 is 0. The van der Waals surface area contributed by atoms with Crippen molar-refractivity contribution in [2.75, 3.05) is 6.61 Å². The number of aliphatic hydroxyl groups excluding tert-OH is 1. The molecule has 0 aromatic heterocycles. The van der Waals surface area contributed by atoms with Crippen molar-refractivity contribution >= 4 is 0 Å². The molecule has 13 heavy (non-hydrogen) atoms. The van der Waals surface area contributed by atoms with Gasteiger partial charge in [-0.25, -0.2) is 0 Å². The van der Waals surface area contributed by atoms with E-state index >= 15 is 0 Å². The first-order chi connectivity index (χ1) is 6.02. The van der Waals surface area contributed by atoms with Gasteiger partial charge in [0.05, 0.1) is 6.61 Å². The van der Waals surface area contributed by atoms with E-state index in [9.17, 15) is 0 Å². The van der Waals surface area contributed by atoms with Gasteiger partial charge in [0, 0.05) is 0 Å². The molecule has 2 aliphatic carbocycles. The van der Waals surface area contributed by atoms with Crippen molar-refractivity contribution < 1.29 is 5.11 Å². The molecule has 0 aromatic rings. The van der Waals surface area contributed by atoms with E-state index in [2.05, 4.69) is 20.8 Å². The van der Waals surface area contributed by atoms with Crippen LogP contribution in [-0.4, -0.2) is 11.7 Å². The van der Waals surface area contributed by atoms with Crippen LogP contribution >= 0.6 is 0 Å². The van der Waals surface area contributed by atoms with Crippen LogP contribution in [0.15, 0.2) is 11.6 Å². The maximum Gasteiger partial charge on any atom is 0.0615 e. The van der Waals surface area contributed by atoms with Crippen molar-refractivity contribution in [1.29, 1.82) is 0 Å². The summed E-state index contributed by atoms with van der Waals surface area (Å²) in [6.07, 6.45) is 5.97. The number of allylic oxidation sites excluding steroid dienone is 1. The van der Waals surface area contributed by atoms with Gasteiger partial charge >= 0.3 is 0 Å². The lowest BCUT2D eigenvalue weighted by Crippen LogP contribution is -2.28. The molecule has 0 radical (unpaired) electrons. The normalized spacial score (nSPS) is 44.6. The molecule has 2 fully saturated rings. The third-order valence-electron chi connectivity index (χ3n) is 4.95. The molecule has 1 nitrogen and oxygen atoms in total. The molecule has 2 rings (SSSR count). The van der Waals surface area contributed by atoms with Crippen LogP contribution in [0.1, 0.15) is 40.0 Å². The Morgan fingerprint density at radius 3 is 2.54 bits per heavy atom. The zero-order valence-corrected chi connectivity index (χ0v) is 8.93. The van der Waals surface area contributed by atoms with Crippen molar-refractivity contribution in [2.24, 2.45) is 16.7 Å². The van der Waals surface area contributed by atoms with Gasteiger partial charge in [-0.05, 0) is 36.0 Å². The van der Waals surface area contributed by atoms with Crippen LogP contribution in [0.25, 0.3) is 0 Å². The molecule has 2 aliphatic rings. The zero-order valence-electron chi connectivity index (χ0n) is 8.93. The highest BCUT2D eigenvalue weighted by Gasteiger charge is 2.58. The van der Waals surface area contributed by atoms with E-state index in [-0.39, 0.29) is 6.61 Å². The highest BCUT2D eigenvalue weighted by Crippen LogP contribution is 2.67. The standard InChI is InChI=1S/C12H20O/c1-11(2)9-4-6-12(11,3)10(8-9)5-7-13/h5,9,13H,4,6-8H2,1-3H3/b10-5+. The van der Waals surface area contributed by atoms with Gasteiger partial charge in [0.2, 0.25) is 0 Å². The van der Waals surface area contributed by atoms with Crippen molar-refractivity contribution in [3.05, 3.63) is 11.6 Å². The molecule has 0 spiro atoms. The molecular weight excluding hydrogens is 160 g/mol. The van der Waals surface area contributed by atoms with E-state index in [4.69, 9.17) is 5.11 Å². The fourth-order valence-electron chi connectivity index (χ4n) is 3.44. The van der Waals surface area contributed by atoms with E-state index in [1.807, 2.05) is 6.08 Å². The van der Waals surface area contributed by atoms with Gasteiger partial charge in [-0.15, -0.1) is 0 Å². The van der Waals surface area contributed by atoms with Crippen molar-refractivity contribution in [3.63, 3.8) is 0 Å². The minimum absolute atomic E-state index is 0.216. The second-order valence-corrected chi connectivity index (χ2v) is 5.41. The van der Waals surface area contributed by atoms with Crippen LogP contribution in [0, 0.1) is 16.7 Å². The van der Waals surface area contributed by atoms with E-state index in [0.717, 1.165) is 5.92 Å². The molecule has 74 valence electrons. The Labute approximate surface area is 80.8 Å². The third kappa shape index (κ3) is 0.969. The summed E-state index contributed by atoms with van der Waals surface area (Å²) in [5, 5.41) is 8.96. The Kier molecular flexibility index (Phi) is 1.85. The fraction of sp³-hybridized carbons (Fsp3) is 0.833. The van der Waals surface area contributed by atoms with E-state index < -0.39 is 0 Å². The Morgan fingerprint density at radius 1 is 1.46 bits per heavy atom. The van der Waals surface area contributed by atoms with Gasteiger partial charge in [-0.1, -0.05) is 32.4 Å². The summed E-state index contributed by atoms with van der Waals surface area (Å²) in [4.78, 5) is 0. The number of rotatable bonds is 1. The predicted octanol–water partition coefficient (Wildman–Crippen LogP) is 2.75. The second-order valence-electron chi connectivity index (χ2n) is 5.41. The van der Waals surface area contributed by atoms with Crippen molar-refractivity contribution in [2.45, 2.75) is 40.0 Å². The molecule has 1 N–H and O–H groups in total. The summed E-state index contributed by atoms with van der Waals surface area (Å²) in [5.41, 5.74) is 2.34. The fourth-order valence-corrected chi connectivity index (χ4v) is 3.44. The molecule has 0 amide bonds. The largest absolute Gasteiger partial charge is 0.392 e. The van der Waals surface area contributed by atoms with Crippen LogP contribution < -0.4 is 0 Å². The van der Waals surface area contributed by atoms with Crippen molar-refractivity contribution in [1.82, 2.24) is 0 Å². The first kappa shape index (κ1) is 9.26. The first-order valence-corrected chi connectivity index (χ1v) is 5.33. The second kappa shape index (κ2) is 2.60. The zero-order chi connectivity index (χ0) is 9.69. The summed E-state index contributed by atoms with van der Waals surface area (Å²) in [7, 11) is 0. The van der Waals surface area contributed by atoms with Gasteiger partial charge in [-0.2, -0.15) is 0 Å². The van der Waals surface area contributed by atoms with Gasteiger partial charge in [0.1, 0.15) is 0 Å². The summed E-state index contributed by atoms with van der Waals surface area (Å²) in [6.45, 7) is 7.38. The quantitative estimate of drug-likeness (QED) is 0.615. The van der Waals surface area contributed by atoms with Gasteiger partial charge in [0.15, 0.2) is 0 Å². The topological polar surface area (TPSA) is 20.2 Å². The lowest BCUT2D eigenvalue weighted by atomic mass is 9.69. The van der Waals surface area contributed by atoms with Crippen LogP contribution in [0.2, 0.25) is 0 Å². The SMILES string of the molecule is CC12CCC(C/C1=C\CO)C2(C)C. The number of hydrogen-bond donors (Lipinski definition) is 1. The third-order valence-corrected chi connectivity index (χ3v) is 4.95. The lowest BCUT2D eigenvalue weighted by molar-refractivity contribution is 0.178. The predicted molar refractivity (Wildman–Crippen MR) is 54.4 cm³/mol. The number of hydrogen-bond acceptors (Lipinski definition) is 1. The van der Waals surface area contributed by atoms with E-state index in [1.165, 1.54) is 24.8 Å². The summed E-state index contributed by atoms with van der Waals surface area (Å²) < 4.78 is 0. The molecule has 0 aliphatic heterocycles. The highest BCUT2D eigenvalue weighted by atomic mass is 16.2. The molecule has 1 heteroatoms. The Hall–Kier alpha value is -0.300. The van der Waals surface area contributed by atoms with E-state index in [1.54, 1.807) is 0 Å². The molecular formula is C12H20O. The molecule has 0 saturated heterocycles.